The van der Waals surface area contributed by atoms with Crippen molar-refractivity contribution < 1.29 is 14.6 Å². The lowest BCUT2D eigenvalue weighted by atomic mass is 10.2. The molecule has 64 valence electrons. The summed E-state index contributed by atoms with van der Waals surface area (Å²) in [6.45, 7) is 5.04. The highest BCUT2D eigenvalue weighted by molar-refractivity contribution is 5.57. The number of rotatable bonds is 0. The molecule has 6 heteroatoms. The second-order valence-electron chi connectivity index (χ2n) is 2.57. The molecule has 0 atom stereocenters. The van der Waals surface area contributed by atoms with E-state index in [9.17, 15) is 4.79 Å². The van der Waals surface area contributed by atoms with Gasteiger partial charge in [-0.1, -0.05) is 0 Å². The van der Waals surface area contributed by atoms with Gasteiger partial charge in [-0.2, -0.15) is 0 Å². The molecule has 0 aliphatic rings. The number of carbonyl (C=O) groups is 1. The largest absolute Gasteiger partial charge is 0.506 e. The average molecular weight is 160 g/mol. The van der Waals surface area contributed by atoms with Gasteiger partial charge in [0.25, 0.3) is 0 Å². The van der Waals surface area contributed by atoms with Crippen LogP contribution in [-0.4, -0.2) is 16.9 Å². The van der Waals surface area contributed by atoms with Crippen molar-refractivity contribution >= 4 is 6.16 Å². The van der Waals surface area contributed by atoms with Crippen LogP contribution in [0.3, 0.4) is 0 Å². The van der Waals surface area contributed by atoms with E-state index < -0.39 is 11.8 Å². The molecular formula is C5H10N3O3-. The molecule has 11 heavy (non-hydrogen) atoms. The van der Waals surface area contributed by atoms with Gasteiger partial charge in [-0.25, -0.2) is 4.79 Å². The topological polar surface area (TPSA) is 105 Å². The molecule has 0 rings (SSSR count). The highest BCUT2D eigenvalue weighted by Crippen LogP contribution is 2.05. The summed E-state index contributed by atoms with van der Waals surface area (Å²) in [5.74, 6) is 0. The Balaban J connectivity index is 0. The minimum Gasteiger partial charge on any atom is -0.450 e. The van der Waals surface area contributed by atoms with Crippen molar-refractivity contribution in [1.82, 2.24) is 0 Å². The van der Waals surface area contributed by atoms with Gasteiger partial charge in [0.1, 0.15) is 5.60 Å². The maximum absolute atomic E-state index is 9.79. The Kier molecular flexibility index (Phi) is 5.99. The lowest BCUT2D eigenvalue weighted by molar-refractivity contribution is 0.0150. The van der Waals surface area contributed by atoms with Crippen LogP contribution in [-0.2, 0) is 4.74 Å². The maximum Gasteiger partial charge on any atom is 0.506 e. The molecule has 0 radical (unpaired) electrons. The molecule has 0 aromatic rings. The molecule has 0 aromatic carbocycles. The second kappa shape index (κ2) is 5.37. The molecule has 1 N–H and O–H groups in total. The molecule has 0 aliphatic heterocycles. The van der Waals surface area contributed by atoms with Crippen LogP contribution in [0.1, 0.15) is 20.8 Å². The molecule has 0 saturated carbocycles. The Morgan fingerprint density at radius 2 is 1.73 bits per heavy atom. The van der Waals surface area contributed by atoms with Crippen molar-refractivity contribution in [2.75, 3.05) is 0 Å². The van der Waals surface area contributed by atoms with E-state index in [1.807, 2.05) is 0 Å². The fourth-order valence-corrected chi connectivity index (χ4v) is 0.262. The van der Waals surface area contributed by atoms with Crippen LogP contribution < -0.4 is 0 Å². The Morgan fingerprint density at radius 3 is 1.73 bits per heavy atom. The molecule has 0 unspecified atom stereocenters. The van der Waals surface area contributed by atoms with E-state index in [1.54, 1.807) is 20.8 Å². The van der Waals surface area contributed by atoms with Gasteiger partial charge >= 0.3 is 6.16 Å². The van der Waals surface area contributed by atoms with Gasteiger partial charge in [0.05, 0.1) is 0 Å². The summed E-state index contributed by atoms with van der Waals surface area (Å²) in [5, 5.41) is 8.03. The van der Waals surface area contributed by atoms with E-state index in [4.69, 9.17) is 16.2 Å². The first-order valence-electron chi connectivity index (χ1n) is 2.74. The first-order valence-corrected chi connectivity index (χ1v) is 2.74. The minimum atomic E-state index is -1.22. The second-order valence-corrected chi connectivity index (χ2v) is 2.57. The zero-order valence-electron chi connectivity index (χ0n) is 6.61. The number of ether oxygens (including phenoxy) is 1. The Bertz CT molecular complexity index is 155. The van der Waals surface area contributed by atoms with Crippen LogP contribution in [0.5, 0.6) is 0 Å². The highest BCUT2D eigenvalue weighted by Gasteiger charge is 2.13. The van der Waals surface area contributed by atoms with E-state index in [2.05, 4.69) is 4.74 Å². The molecule has 6 nitrogen and oxygen atoms in total. The monoisotopic (exact) mass is 160 g/mol. The summed E-state index contributed by atoms with van der Waals surface area (Å²) in [5.41, 5.74) is 12.9. The van der Waals surface area contributed by atoms with E-state index >= 15 is 0 Å². The van der Waals surface area contributed by atoms with Crippen molar-refractivity contribution in [1.29, 1.82) is 0 Å². The molecule has 0 aliphatic carbocycles. The summed E-state index contributed by atoms with van der Waals surface area (Å²) in [4.78, 5) is 11.3. The summed E-state index contributed by atoms with van der Waals surface area (Å²) >= 11 is 0. The SMILES string of the molecule is CC(C)(C)OC(=O)O.[N-]=[N+]=[N-]. The Morgan fingerprint density at radius 1 is 1.45 bits per heavy atom. The van der Waals surface area contributed by atoms with E-state index in [0.717, 1.165) is 0 Å². The predicted octanol–water partition coefficient (Wildman–Crippen LogP) is 2.35. The maximum atomic E-state index is 9.79. The van der Waals surface area contributed by atoms with E-state index in [-0.39, 0.29) is 0 Å². The number of hydrogen-bond acceptors (Lipinski definition) is 2. The van der Waals surface area contributed by atoms with E-state index in [0.29, 0.717) is 0 Å². The fourth-order valence-electron chi connectivity index (χ4n) is 0.262. The molecule has 0 aromatic heterocycles. The van der Waals surface area contributed by atoms with Gasteiger partial charge in [0, 0.05) is 0 Å². The fraction of sp³-hybridized carbons (Fsp3) is 0.800. The van der Waals surface area contributed by atoms with Crippen molar-refractivity contribution in [3.8, 4) is 0 Å². The van der Waals surface area contributed by atoms with Gasteiger partial charge in [0.2, 0.25) is 0 Å². The number of nitrogens with zero attached hydrogens (tertiary/aromatic N) is 3. The van der Waals surface area contributed by atoms with Crippen molar-refractivity contribution in [3.05, 3.63) is 16.0 Å². The smallest absolute Gasteiger partial charge is 0.450 e. The van der Waals surface area contributed by atoms with Crippen LogP contribution in [0.4, 0.5) is 4.79 Å². The third kappa shape index (κ3) is 29.0. The Labute approximate surface area is 64.2 Å². The van der Waals surface area contributed by atoms with Gasteiger partial charge in [0.15, 0.2) is 0 Å². The summed E-state index contributed by atoms with van der Waals surface area (Å²) < 4.78 is 4.35. The highest BCUT2D eigenvalue weighted by atomic mass is 16.7. The van der Waals surface area contributed by atoms with Crippen molar-refractivity contribution in [3.63, 3.8) is 0 Å². The number of hydrogen-bond donors (Lipinski definition) is 1. The quantitative estimate of drug-likeness (QED) is 0.254. The molecular weight excluding hydrogens is 150 g/mol. The summed E-state index contributed by atoms with van der Waals surface area (Å²) in [6.07, 6.45) is -1.22. The zero-order chi connectivity index (χ0) is 9.49. The van der Waals surface area contributed by atoms with Crippen LogP contribution in [0, 0.1) is 0 Å². The van der Waals surface area contributed by atoms with Crippen molar-refractivity contribution in [2.45, 2.75) is 26.4 Å². The van der Waals surface area contributed by atoms with Gasteiger partial charge < -0.3 is 20.9 Å². The molecule has 0 amide bonds. The summed E-state index contributed by atoms with van der Waals surface area (Å²) in [6, 6.07) is 0. The lowest BCUT2D eigenvalue weighted by Gasteiger charge is -2.15. The average Bonchev–Trinajstić information content (AvgIpc) is 1.57. The minimum absolute atomic E-state index is 0.578. The molecule has 0 heterocycles. The predicted molar refractivity (Wildman–Crippen MR) is 38.9 cm³/mol. The third-order valence-electron chi connectivity index (χ3n) is 0.393. The van der Waals surface area contributed by atoms with Crippen LogP contribution >= 0.6 is 0 Å². The van der Waals surface area contributed by atoms with E-state index in [1.165, 1.54) is 4.91 Å². The first kappa shape index (κ1) is 12.3. The summed E-state index contributed by atoms with van der Waals surface area (Å²) in [7, 11) is 0. The lowest BCUT2D eigenvalue weighted by Crippen LogP contribution is -2.22. The first-order chi connectivity index (χ1) is 4.83. The standard InChI is InChI=1S/C5H10O3.N3/c1-5(2,3)8-4(6)7;1-3-2/h1-3H3,(H,6,7);/q;-1. The normalized spacial score (nSPS) is 8.64. The van der Waals surface area contributed by atoms with Gasteiger partial charge in [-0.3, -0.25) is 4.91 Å². The van der Waals surface area contributed by atoms with Crippen LogP contribution in [0.15, 0.2) is 0 Å². The third-order valence-corrected chi connectivity index (χ3v) is 0.393. The zero-order valence-corrected chi connectivity index (χ0v) is 6.61. The van der Waals surface area contributed by atoms with Crippen LogP contribution in [0.25, 0.3) is 16.0 Å². The molecule has 0 bridgehead atoms. The van der Waals surface area contributed by atoms with Gasteiger partial charge in [-0.15, -0.1) is 0 Å². The van der Waals surface area contributed by atoms with Gasteiger partial charge in [-0.05, 0) is 20.8 Å². The molecule has 0 spiro atoms. The molecule has 0 saturated heterocycles. The number of carboxylic acid groups (broad SMARTS) is 1. The molecule has 0 fully saturated rings. The Hall–Kier alpha value is -1.42. The van der Waals surface area contributed by atoms with Crippen LogP contribution in [0.2, 0.25) is 0 Å². The van der Waals surface area contributed by atoms with Crippen molar-refractivity contribution in [2.24, 2.45) is 0 Å².